The first-order valence-corrected chi connectivity index (χ1v) is 6.22. The number of hydrogen-bond acceptors (Lipinski definition) is 3. The molecule has 3 unspecified atom stereocenters. The number of nitrogens with zero attached hydrogens (tertiary/aromatic N) is 2. The van der Waals surface area contributed by atoms with Gasteiger partial charge < -0.3 is 4.98 Å². The fourth-order valence-corrected chi connectivity index (χ4v) is 3.17. The molecule has 1 N–H and O–H groups in total. The molecule has 5 nitrogen and oxygen atoms in total. The summed E-state index contributed by atoms with van der Waals surface area (Å²) < 4.78 is 0. The smallest absolute Gasteiger partial charge is 0.271 e. The largest absolute Gasteiger partial charge is 0.361 e. The standard InChI is InChI=1S/C13H13N3O2/c17-16(18)9-1-2-11-12(5-14-13(11)4-9)8-3-10-7-15(10)6-8/h1-2,4-5,8,10,14H,3,6-7H2. The molecule has 0 aliphatic carbocycles. The van der Waals surface area contributed by atoms with Crippen LogP contribution in [0.25, 0.3) is 10.9 Å². The maximum Gasteiger partial charge on any atom is 0.271 e. The van der Waals surface area contributed by atoms with Gasteiger partial charge in [-0.05, 0) is 18.1 Å². The highest BCUT2D eigenvalue weighted by Crippen LogP contribution is 2.42. The van der Waals surface area contributed by atoms with Gasteiger partial charge in [0.15, 0.2) is 0 Å². The molecule has 3 atom stereocenters. The van der Waals surface area contributed by atoms with E-state index in [4.69, 9.17) is 0 Å². The Bertz CT molecular complexity index is 639. The molecule has 2 aliphatic heterocycles. The van der Waals surface area contributed by atoms with Crippen LogP contribution in [0.5, 0.6) is 0 Å². The quantitative estimate of drug-likeness (QED) is 0.500. The van der Waals surface area contributed by atoms with Crippen LogP contribution in [0.15, 0.2) is 24.4 Å². The van der Waals surface area contributed by atoms with Crippen molar-refractivity contribution in [3.8, 4) is 0 Å². The molecule has 2 aliphatic rings. The molecule has 5 heteroatoms. The molecular formula is C13H13N3O2. The van der Waals surface area contributed by atoms with E-state index in [1.807, 2.05) is 12.3 Å². The van der Waals surface area contributed by atoms with E-state index in [-0.39, 0.29) is 10.6 Å². The van der Waals surface area contributed by atoms with E-state index in [0.29, 0.717) is 5.92 Å². The summed E-state index contributed by atoms with van der Waals surface area (Å²) in [4.78, 5) is 16.0. The van der Waals surface area contributed by atoms with Crippen LogP contribution in [0.1, 0.15) is 17.9 Å². The van der Waals surface area contributed by atoms with Crippen LogP contribution >= 0.6 is 0 Å². The van der Waals surface area contributed by atoms with Crippen LogP contribution in [0, 0.1) is 10.1 Å². The van der Waals surface area contributed by atoms with Crippen LogP contribution in [-0.4, -0.2) is 33.9 Å². The maximum absolute atomic E-state index is 10.7. The second kappa shape index (κ2) is 3.32. The Morgan fingerprint density at radius 1 is 1.39 bits per heavy atom. The number of fused-ring (bicyclic) bond motifs is 2. The number of hydrogen-bond donors (Lipinski definition) is 1. The van der Waals surface area contributed by atoms with Crippen molar-refractivity contribution in [2.45, 2.75) is 18.4 Å². The summed E-state index contributed by atoms with van der Waals surface area (Å²) in [5.41, 5.74) is 2.33. The lowest BCUT2D eigenvalue weighted by molar-refractivity contribution is -0.384. The maximum atomic E-state index is 10.7. The Labute approximate surface area is 104 Å². The van der Waals surface area contributed by atoms with Crippen molar-refractivity contribution >= 4 is 16.6 Å². The Kier molecular flexibility index (Phi) is 1.86. The number of nitro benzene ring substituents is 1. The van der Waals surface area contributed by atoms with E-state index in [0.717, 1.165) is 23.5 Å². The Hall–Kier alpha value is -1.88. The van der Waals surface area contributed by atoms with Crippen LogP contribution in [0.2, 0.25) is 0 Å². The molecule has 0 amide bonds. The summed E-state index contributed by atoms with van der Waals surface area (Å²) in [7, 11) is 0. The molecule has 0 bridgehead atoms. The number of non-ortho nitro benzene ring substituents is 1. The monoisotopic (exact) mass is 243 g/mol. The summed E-state index contributed by atoms with van der Waals surface area (Å²) >= 11 is 0. The second-order valence-corrected chi connectivity index (χ2v) is 5.27. The summed E-state index contributed by atoms with van der Waals surface area (Å²) in [6.45, 7) is 2.39. The molecular weight excluding hydrogens is 230 g/mol. The lowest BCUT2D eigenvalue weighted by Crippen LogP contribution is -2.04. The van der Waals surface area contributed by atoms with E-state index in [9.17, 15) is 10.1 Å². The minimum Gasteiger partial charge on any atom is -0.361 e. The number of rotatable bonds is 2. The Morgan fingerprint density at radius 2 is 2.28 bits per heavy atom. The third-order valence-electron chi connectivity index (χ3n) is 4.19. The van der Waals surface area contributed by atoms with Crippen molar-refractivity contribution < 1.29 is 4.92 Å². The average molecular weight is 243 g/mol. The highest BCUT2D eigenvalue weighted by Gasteiger charge is 2.44. The minimum atomic E-state index is -0.351. The lowest BCUT2D eigenvalue weighted by atomic mass is 9.95. The lowest BCUT2D eigenvalue weighted by Gasteiger charge is -2.09. The van der Waals surface area contributed by atoms with Crippen molar-refractivity contribution in [1.29, 1.82) is 0 Å². The highest BCUT2D eigenvalue weighted by molar-refractivity contribution is 5.85. The number of aromatic nitrogens is 1. The van der Waals surface area contributed by atoms with Crippen molar-refractivity contribution in [3.05, 3.63) is 40.1 Å². The molecule has 0 radical (unpaired) electrons. The van der Waals surface area contributed by atoms with Gasteiger partial charge >= 0.3 is 0 Å². The van der Waals surface area contributed by atoms with Gasteiger partial charge in [-0.25, -0.2) is 0 Å². The summed E-state index contributed by atoms with van der Waals surface area (Å²) in [5, 5.41) is 11.9. The Balaban J connectivity index is 1.76. The number of H-pyrrole nitrogens is 1. The molecule has 2 fully saturated rings. The van der Waals surface area contributed by atoms with Crippen LogP contribution in [-0.2, 0) is 0 Å². The fraction of sp³-hybridized carbons (Fsp3) is 0.385. The normalized spacial score (nSPS) is 29.4. The SMILES string of the molecule is O=[N+]([O-])c1ccc2c(C3CC4CN4C3)c[nH]c2c1. The topological polar surface area (TPSA) is 61.9 Å². The highest BCUT2D eigenvalue weighted by atomic mass is 16.6. The van der Waals surface area contributed by atoms with E-state index >= 15 is 0 Å². The molecule has 0 spiro atoms. The summed E-state index contributed by atoms with van der Waals surface area (Å²) in [6, 6.07) is 5.88. The Morgan fingerprint density at radius 3 is 3.00 bits per heavy atom. The van der Waals surface area contributed by atoms with Crippen molar-refractivity contribution in [1.82, 2.24) is 9.88 Å². The van der Waals surface area contributed by atoms with Gasteiger partial charge in [0.05, 0.1) is 10.4 Å². The first-order valence-electron chi connectivity index (χ1n) is 6.22. The number of benzene rings is 1. The molecule has 2 saturated heterocycles. The predicted molar refractivity (Wildman–Crippen MR) is 67.7 cm³/mol. The molecule has 0 saturated carbocycles. The molecule has 4 rings (SSSR count). The van der Waals surface area contributed by atoms with Crippen LogP contribution in [0.3, 0.4) is 0 Å². The zero-order valence-corrected chi connectivity index (χ0v) is 9.80. The molecule has 1 aromatic heterocycles. The zero-order valence-electron chi connectivity index (χ0n) is 9.80. The van der Waals surface area contributed by atoms with Crippen molar-refractivity contribution in [3.63, 3.8) is 0 Å². The van der Waals surface area contributed by atoms with Gasteiger partial charge in [0.2, 0.25) is 0 Å². The molecule has 92 valence electrons. The molecule has 3 heterocycles. The predicted octanol–water partition coefficient (Wildman–Crippen LogP) is 2.25. The van der Waals surface area contributed by atoms with Gasteiger partial charge in [-0.2, -0.15) is 0 Å². The first kappa shape index (κ1) is 10.1. The van der Waals surface area contributed by atoms with Gasteiger partial charge in [0.25, 0.3) is 5.69 Å². The molecule has 18 heavy (non-hydrogen) atoms. The molecule has 2 aromatic rings. The average Bonchev–Trinajstić information content (AvgIpc) is 2.82. The number of piperidine rings is 1. The molecule has 1 aromatic carbocycles. The van der Waals surface area contributed by atoms with Crippen molar-refractivity contribution in [2.75, 3.05) is 13.1 Å². The van der Waals surface area contributed by atoms with Gasteiger partial charge in [0.1, 0.15) is 0 Å². The van der Waals surface area contributed by atoms with Gasteiger partial charge in [-0.1, -0.05) is 0 Å². The third-order valence-corrected chi connectivity index (χ3v) is 4.19. The van der Waals surface area contributed by atoms with Gasteiger partial charge in [-0.15, -0.1) is 0 Å². The summed E-state index contributed by atoms with van der Waals surface area (Å²) in [6.07, 6.45) is 3.24. The van der Waals surface area contributed by atoms with E-state index in [1.54, 1.807) is 12.1 Å². The van der Waals surface area contributed by atoms with Gasteiger partial charge in [-0.3, -0.25) is 15.0 Å². The summed E-state index contributed by atoms with van der Waals surface area (Å²) in [5.74, 6) is 0.582. The van der Waals surface area contributed by atoms with E-state index in [2.05, 4.69) is 9.88 Å². The van der Waals surface area contributed by atoms with Crippen LogP contribution < -0.4 is 0 Å². The van der Waals surface area contributed by atoms with Crippen molar-refractivity contribution in [2.24, 2.45) is 0 Å². The number of aromatic amines is 1. The van der Waals surface area contributed by atoms with E-state index in [1.165, 1.54) is 18.5 Å². The van der Waals surface area contributed by atoms with E-state index < -0.39 is 0 Å². The van der Waals surface area contributed by atoms with Gasteiger partial charge in [0, 0.05) is 48.8 Å². The van der Waals surface area contributed by atoms with Crippen LogP contribution in [0.4, 0.5) is 5.69 Å². The second-order valence-electron chi connectivity index (χ2n) is 5.27. The zero-order chi connectivity index (χ0) is 12.3. The fourth-order valence-electron chi connectivity index (χ4n) is 3.17. The minimum absolute atomic E-state index is 0.147. The first-order chi connectivity index (χ1) is 8.72. The third kappa shape index (κ3) is 1.37. The number of nitro groups is 1. The number of nitrogens with one attached hydrogen (secondary N) is 1.